The first kappa shape index (κ1) is 44.2. The molecule has 0 radical (unpaired) electrons. The van der Waals surface area contributed by atoms with Crippen molar-refractivity contribution in [1.29, 1.82) is 0 Å². The summed E-state index contributed by atoms with van der Waals surface area (Å²) in [6.45, 7) is 35.0. The van der Waals surface area contributed by atoms with Crippen molar-refractivity contribution in [3.8, 4) is 0 Å². The Balaban J connectivity index is 1.22. The molecule has 12 rings (SSSR count). The standard InChI is InChI=1S/C64H66BN3S/c1-60(2,3)37-19-25-42(26-20-37)66-51-17-16-18-52-56(51)65(59-58(48-32-40(63(10,11)12)24-30-55(48)69-59)67(52)43-27-21-38(22-28-43)61(4,5)6)49-35-45-47-34-41(64(13,14)15)33-46-44-31-39(62(7,8)9)23-29-50(44)68(57(46)47)53(45)36-54(49)66/h16-36H,1-15H3. The van der Waals surface area contributed by atoms with Crippen molar-refractivity contribution in [3.63, 3.8) is 0 Å². The summed E-state index contributed by atoms with van der Waals surface area (Å²) in [5.41, 5.74) is 20.9. The van der Waals surface area contributed by atoms with Crippen LogP contribution in [0.25, 0.3) is 48.2 Å². The van der Waals surface area contributed by atoms with E-state index in [4.69, 9.17) is 0 Å². The maximum Gasteiger partial charge on any atom is 0.264 e. The third-order valence-electron chi connectivity index (χ3n) is 15.7. The van der Waals surface area contributed by atoms with Crippen molar-refractivity contribution in [2.24, 2.45) is 0 Å². The molecule has 3 nitrogen and oxygen atoms in total. The van der Waals surface area contributed by atoms with Crippen LogP contribution in [-0.4, -0.2) is 11.1 Å². The Morgan fingerprint density at radius 3 is 1.41 bits per heavy atom. The summed E-state index contributed by atoms with van der Waals surface area (Å²) in [5.74, 6) is 0. The van der Waals surface area contributed by atoms with E-state index < -0.39 is 0 Å². The summed E-state index contributed by atoms with van der Waals surface area (Å²) in [6, 6.07) is 50.7. The first-order chi connectivity index (χ1) is 32.4. The smallest absolute Gasteiger partial charge is 0.264 e. The summed E-state index contributed by atoms with van der Waals surface area (Å²) in [6.07, 6.45) is 0. The van der Waals surface area contributed by atoms with Crippen LogP contribution in [0.2, 0.25) is 0 Å². The fraction of sp³-hybridized carbons (Fsp3) is 0.312. The minimum absolute atomic E-state index is 0.00488. The molecule has 0 N–H and O–H groups in total. The minimum atomic E-state index is -0.0304. The molecule has 10 aromatic rings. The quantitative estimate of drug-likeness (QED) is 0.160. The van der Waals surface area contributed by atoms with Gasteiger partial charge in [-0.15, -0.1) is 11.3 Å². The molecule has 0 unspecified atom stereocenters. The van der Waals surface area contributed by atoms with Crippen molar-refractivity contribution >= 4 is 116 Å². The van der Waals surface area contributed by atoms with Gasteiger partial charge in [0, 0.05) is 64.8 Å². The van der Waals surface area contributed by atoms with Crippen LogP contribution in [0.5, 0.6) is 0 Å². The molecular weight excluding hydrogens is 854 g/mol. The molecule has 0 fully saturated rings. The van der Waals surface area contributed by atoms with E-state index in [0.717, 1.165) is 0 Å². The van der Waals surface area contributed by atoms with Crippen LogP contribution >= 0.6 is 11.3 Å². The molecule has 2 aliphatic heterocycles. The predicted octanol–water partition coefficient (Wildman–Crippen LogP) is 16.6. The molecule has 0 bridgehead atoms. The summed E-state index contributed by atoms with van der Waals surface area (Å²) < 4.78 is 5.34. The van der Waals surface area contributed by atoms with Crippen LogP contribution in [0.15, 0.2) is 127 Å². The molecule has 0 amide bonds. The number of anilines is 6. The van der Waals surface area contributed by atoms with Crippen LogP contribution in [0.1, 0.15) is 132 Å². The summed E-state index contributed by atoms with van der Waals surface area (Å²) in [7, 11) is 0. The van der Waals surface area contributed by atoms with Crippen LogP contribution in [0, 0.1) is 0 Å². The number of rotatable bonds is 2. The molecular formula is C64H66BN3S. The zero-order valence-corrected chi connectivity index (χ0v) is 44.3. The average molecular weight is 920 g/mol. The first-order valence-corrected chi connectivity index (χ1v) is 26.0. The highest BCUT2D eigenvalue weighted by Crippen LogP contribution is 2.51. The Morgan fingerprint density at radius 1 is 0.391 bits per heavy atom. The molecule has 7 aromatic carbocycles. The second kappa shape index (κ2) is 14.3. The fourth-order valence-electron chi connectivity index (χ4n) is 11.6. The lowest BCUT2D eigenvalue weighted by Gasteiger charge is -2.43. The van der Waals surface area contributed by atoms with Gasteiger partial charge in [-0.25, -0.2) is 0 Å². The predicted molar refractivity (Wildman–Crippen MR) is 304 cm³/mol. The second-order valence-corrected chi connectivity index (χ2v) is 26.7. The molecule has 0 saturated heterocycles. The van der Waals surface area contributed by atoms with Crippen molar-refractivity contribution in [1.82, 2.24) is 4.40 Å². The molecule has 0 saturated carbocycles. The molecule has 5 heterocycles. The van der Waals surface area contributed by atoms with Gasteiger partial charge in [-0.05, 0) is 145 Å². The van der Waals surface area contributed by atoms with Gasteiger partial charge in [0.15, 0.2) is 0 Å². The Bertz CT molecular complexity index is 3740. The van der Waals surface area contributed by atoms with E-state index in [-0.39, 0.29) is 33.8 Å². The summed E-state index contributed by atoms with van der Waals surface area (Å²) in [5, 5.41) is 6.68. The van der Waals surface area contributed by atoms with E-state index in [2.05, 4.69) is 245 Å². The lowest BCUT2D eigenvalue weighted by Crippen LogP contribution is -2.60. The van der Waals surface area contributed by atoms with Crippen molar-refractivity contribution in [2.45, 2.75) is 131 Å². The Morgan fingerprint density at radius 2 is 0.855 bits per heavy atom. The van der Waals surface area contributed by atoms with Gasteiger partial charge >= 0.3 is 0 Å². The van der Waals surface area contributed by atoms with Crippen molar-refractivity contribution in [3.05, 3.63) is 155 Å². The van der Waals surface area contributed by atoms with E-state index >= 15 is 0 Å². The zero-order valence-electron chi connectivity index (χ0n) is 43.5. The maximum absolute atomic E-state index is 2.62. The van der Waals surface area contributed by atoms with Crippen molar-refractivity contribution in [2.75, 3.05) is 9.80 Å². The molecule has 5 heteroatoms. The Kier molecular flexibility index (Phi) is 9.15. The van der Waals surface area contributed by atoms with Gasteiger partial charge in [0.2, 0.25) is 0 Å². The maximum atomic E-state index is 2.62. The number of thiophene rings is 1. The number of hydrogen-bond donors (Lipinski definition) is 0. The summed E-state index contributed by atoms with van der Waals surface area (Å²) in [4.78, 5) is 5.21. The molecule has 0 atom stereocenters. The van der Waals surface area contributed by atoms with E-state index in [1.54, 1.807) is 0 Å². The highest BCUT2D eigenvalue weighted by Gasteiger charge is 2.46. The third kappa shape index (κ3) is 6.58. The van der Waals surface area contributed by atoms with Crippen LogP contribution < -0.4 is 25.5 Å². The van der Waals surface area contributed by atoms with Gasteiger partial charge in [0.05, 0.1) is 22.2 Å². The Hall–Kier alpha value is -6.04. The lowest BCUT2D eigenvalue weighted by molar-refractivity contribution is 0.590. The van der Waals surface area contributed by atoms with E-state index in [1.165, 1.54) is 126 Å². The molecule has 69 heavy (non-hydrogen) atoms. The average Bonchev–Trinajstić information content (AvgIpc) is 3.93. The van der Waals surface area contributed by atoms with Crippen LogP contribution in [0.3, 0.4) is 0 Å². The number of aromatic nitrogens is 1. The SMILES string of the molecule is CC(C)(C)c1ccc(N2c3cc4c(cc3B3c5sc6ccc(C(C)(C)C)cc6c5N(c5ccc(C(C)(C)C)cc5)c5cccc2c53)c2cc(C(C)(C)C)cc3c5cc(C(C)(C)C)ccc5n4c32)cc1. The van der Waals surface area contributed by atoms with Crippen LogP contribution in [-0.2, 0) is 27.1 Å². The van der Waals surface area contributed by atoms with Gasteiger partial charge < -0.3 is 14.2 Å². The van der Waals surface area contributed by atoms with E-state index in [1.807, 2.05) is 11.3 Å². The minimum Gasteiger partial charge on any atom is -0.311 e. The fourth-order valence-corrected chi connectivity index (χ4v) is 12.9. The van der Waals surface area contributed by atoms with E-state index in [9.17, 15) is 0 Å². The number of nitrogens with zero attached hydrogens (tertiary/aromatic N) is 3. The highest BCUT2D eigenvalue weighted by molar-refractivity contribution is 7.33. The molecule has 3 aromatic heterocycles. The normalized spacial score (nSPS) is 14.5. The number of benzene rings is 7. The zero-order chi connectivity index (χ0) is 48.6. The third-order valence-corrected chi connectivity index (χ3v) is 16.9. The summed E-state index contributed by atoms with van der Waals surface area (Å²) >= 11 is 1.99. The molecule has 346 valence electrons. The number of fused-ring (bicyclic) bond motifs is 12. The topological polar surface area (TPSA) is 10.9 Å². The first-order valence-electron chi connectivity index (χ1n) is 25.2. The van der Waals surface area contributed by atoms with Gasteiger partial charge in [-0.1, -0.05) is 152 Å². The second-order valence-electron chi connectivity index (χ2n) is 25.6. The molecule has 0 spiro atoms. The highest BCUT2D eigenvalue weighted by atomic mass is 32.1. The lowest BCUT2D eigenvalue weighted by atomic mass is 9.36. The molecule has 2 aliphatic rings. The van der Waals surface area contributed by atoms with E-state index in [0.29, 0.717) is 0 Å². The van der Waals surface area contributed by atoms with Crippen LogP contribution in [0.4, 0.5) is 34.1 Å². The largest absolute Gasteiger partial charge is 0.311 e. The van der Waals surface area contributed by atoms with Gasteiger partial charge in [0.1, 0.15) is 0 Å². The monoisotopic (exact) mass is 920 g/mol. The van der Waals surface area contributed by atoms with Gasteiger partial charge in [-0.2, -0.15) is 0 Å². The van der Waals surface area contributed by atoms with Crippen molar-refractivity contribution < 1.29 is 0 Å². The van der Waals surface area contributed by atoms with Gasteiger partial charge in [0.25, 0.3) is 6.71 Å². The van der Waals surface area contributed by atoms with Gasteiger partial charge in [-0.3, -0.25) is 0 Å². The number of hydrogen-bond acceptors (Lipinski definition) is 3. The Labute approximate surface area is 414 Å². The molecule has 0 aliphatic carbocycles.